The summed E-state index contributed by atoms with van der Waals surface area (Å²) in [6.07, 6.45) is 5.07. The highest BCUT2D eigenvalue weighted by Gasteiger charge is 2.11. The number of amides is 1. The molecule has 0 unspecified atom stereocenters. The monoisotopic (exact) mass is 331 g/mol. The number of carbonyl (C=O) groups is 1. The molecule has 8 nitrogen and oxygen atoms in total. The van der Waals surface area contributed by atoms with Crippen LogP contribution < -0.4 is 10.6 Å². The van der Waals surface area contributed by atoms with Crippen LogP contribution in [0.15, 0.2) is 67.1 Å². The van der Waals surface area contributed by atoms with Crippen molar-refractivity contribution in [2.45, 2.75) is 0 Å². The lowest BCUT2D eigenvalue weighted by Crippen LogP contribution is -2.14. The van der Waals surface area contributed by atoms with Crippen LogP contribution in [0.25, 0.3) is 5.65 Å². The number of nitrogens with zero attached hydrogens (tertiary/aromatic N) is 5. The molecule has 0 fully saturated rings. The molecule has 25 heavy (non-hydrogen) atoms. The molecule has 0 bridgehead atoms. The second-order valence-electron chi connectivity index (χ2n) is 5.18. The van der Waals surface area contributed by atoms with Crippen LogP contribution in [-0.4, -0.2) is 30.5 Å². The summed E-state index contributed by atoms with van der Waals surface area (Å²) in [5.74, 6) is 0.546. The first-order chi connectivity index (χ1) is 12.3. The van der Waals surface area contributed by atoms with Crippen LogP contribution in [0.4, 0.5) is 17.6 Å². The number of rotatable bonds is 4. The number of benzene rings is 1. The van der Waals surface area contributed by atoms with E-state index in [9.17, 15) is 4.79 Å². The van der Waals surface area contributed by atoms with Crippen molar-refractivity contribution < 1.29 is 4.79 Å². The van der Waals surface area contributed by atoms with Crippen LogP contribution in [-0.2, 0) is 0 Å². The number of aromatic nitrogens is 5. The molecule has 0 aliphatic carbocycles. The summed E-state index contributed by atoms with van der Waals surface area (Å²) in [5.41, 5.74) is 1.85. The van der Waals surface area contributed by atoms with Gasteiger partial charge in [0.1, 0.15) is 0 Å². The Morgan fingerprint density at radius 2 is 1.84 bits per heavy atom. The first kappa shape index (κ1) is 14.8. The lowest BCUT2D eigenvalue weighted by Gasteiger charge is -2.07. The summed E-state index contributed by atoms with van der Waals surface area (Å²) in [5, 5.41) is 13.8. The first-order valence-electron chi connectivity index (χ1n) is 7.55. The van der Waals surface area contributed by atoms with Crippen LogP contribution in [0.5, 0.6) is 0 Å². The van der Waals surface area contributed by atoms with Gasteiger partial charge in [-0.2, -0.15) is 0 Å². The van der Waals surface area contributed by atoms with Gasteiger partial charge in [0.05, 0.1) is 0 Å². The summed E-state index contributed by atoms with van der Waals surface area (Å²) < 4.78 is 1.71. The van der Waals surface area contributed by atoms with Gasteiger partial charge in [0.15, 0.2) is 5.65 Å². The maximum Gasteiger partial charge on any atom is 0.258 e. The van der Waals surface area contributed by atoms with Crippen molar-refractivity contribution >= 4 is 29.1 Å². The molecule has 4 aromatic rings. The average molecular weight is 331 g/mol. The fourth-order valence-electron chi connectivity index (χ4n) is 2.33. The molecule has 3 aromatic heterocycles. The Labute approximate surface area is 142 Å². The number of hydrogen-bond donors (Lipinski definition) is 2. The second-order valence-corrected chi connectivity index (χ2v) is 5.18. The molecule has 0 radical (unpaired) electrons. The molecule has 0 saturated carbocycles. The Hall–Kier alpha value is -3.81. The van der Waals surface area contributed by atoms with Crippen molar-refractivity contribution in [3.8, 4) is 0 Å². The van der Waals surface area contributed by atoms with Crippen LogP contribution in [0, 0.1) is 0 Å². The van der Waals surface area contributed by atoms with Gasteiger partial charge < -0.3 is 5.32 Å². The van der Waals surface area contributed by atoms with Gasteiger partial charge in [0.25, 0.3) is 5.91 Å². The summed E-state index contributed by atoms with van der Waals surface area (Å²) in [6.45, 7) is 0. The number of anilines is 3. The molecule has 0 saturated heterocycles. The molecule has 0 aliphatic heterocycles. The topological polar surface area (TPSA) is 97.1 Å². The minimum Gasteiger partial charge on any atom is -0.324 e. The Kier molecular flexibility index (Phi) is 3.76. The van der Waals surface area contributed by atoms with E-state index in [4.69, 9.17) is 0 Å². The summed E-state index contributed by atoms with van der Waals surface area (Å²) in [4.78, 5) is 20.7. The van der Waals surface area contributed by atoms with E-state index in [1.165, 1.54) is 0 Å². The maximum absolute atomic E-state index is 12.5. The highest BCUT2D eigenvalue weighted by Crippen LogP contribution is 2.16. The van der Waals surface area contributed by atoms with Crippen molar-refractivity contribution in [2.75, 3.05) is 10.6 Å². The Bertz CT molecular complexity index is 1030. The van der Waals surface area contributed by atoms with Crippen molar-refractivity contribution in [3.63, 3.8) is 0 Å². The fraction of sp³-hybridized carbons (Fsp3) is 0. The third kappa shape index (κ3) is 3.13. The first-order valence-corrected chi connectivity index (χ1v) is 7.55. The van der Waals surface area contributed by atoms with Crippen LogP contribution >= 0.6 is 0 Å². The number of hydrogen-bond acceptors (Lipinski definition) is 6. The van der Waals surface area contributed by atoms with E-state index in [0.717, 1.165) is 0 Å². The number of pyridine rings is 1. The Morgan fingerprint density at radius 3 is 2.72 bits per heavy atom. The number of nitrogens with one attached hydrogen (secondary N) is 2. The molecular weight excluding hydrogens is 318 g/mol. The van der Waals surface area contributed by atoms with E-state index in [2.05, 4.69) is 30.8 Å². The van der Waals surface area contributed by atoms with Crippen LogP contribution in [0.1, 0.15) is 10.4 Å². The van der Waals surface area contributed by atoms with Gasteiger partial charge in [-0.25, -0.2) is 9.97 Å². The lowest BCUT2D eigenvalue weighted by atomic mass is 10.2. The van der Waals surface area contributed by atoms with E-state index in [-0.39, 0.29) is 5.91 Å². The minimum atomic E-state index is -0.282. The number of carbonyl (C=O) groups excluding carboxylic acids is 1. The summed E-state index contributed by atoms with van der Waals surface area (Å²) in [7, 11) is 0. The molecule has 122 valence electrons. The standard InChI is InChI=1S/C17H13N7O/c25-15(21-17-23-22-14-7-1-2-10-24(14)17)12-5-3-6-13(11-12)20-16-18-8-4-9-19-16/h1-11H,(H,18,19,20)(H,21,23,25). The predicted molar refractivity (Wildman–Crippen MR) is 92.7 cm³/mol. The van der Waals surface area contributed by atoms with Crippen molar-refractivity contribution in [2.24, 2.45) is 0 Å². The zero-order valence-electron chi connectivity index (χ0n) is 13.0. The Morgan fingerprint density at radius 1 is 0.960 bits per heavy atom. The quantitative estimate of drug-likeness (QED) is 0.596. The molecule has 0 atom stereocenters. The third-order valence-corrected chi connectivity index (χ3v) is 3.49. The van der Waals surface area contributed by atoms with Gasteiger partial charge in [-0.05, 0) is 36.4 Å². The summed E-state index contributed by atoms with van der Waals surface area (Å²) >= 11 is 0. The summed E-state index contributed by atoms with van der Waals surface area (Å²) in [6, 6.07) is 14.3. The van der Waals surface area contributed by atoms with Gasteiger partial charge in [0, 0.05) is 29.8 Å². The van der Waals surface area contributed by atoms with Gasteiger partial charge in [-0.1, -0.05) is 12.1 Å². The molecular formula is C17H13N7O. The largest absolute Gasteiger partial charge is 0.324 e. The van der Waals surface area contributed by atoms with Crippen LogP contribution in [0.3, 0.4) is 0 Å². The second kappa shape index (κ2) is 6.36. The van der Waals surface area contributed by atoms with Gasteiger partial charge in [-0.15, -0.1) is 10.2 Å². The van der Waals surface area contributed by atoms with Crippen molar-refractivity contribution in [3.05, 3.63) is 72.7 Å². The van der Waals surface area contributed by atoms with Crippen molar-refractivity contribution in [1.29, 1.82) is 0 Å². The van der Waals surface area contributed by atoms with Gasteiger partial charge in [0.2, 0.25) is 11.9 Å². The maximum atomic E-state index is 12.5. The molecule has 1 aromatic carbocycles. The zero-order valence-corrected chi connectivity index (χ0v) is 13.0. The third-order valence-electron chi connectivity index (χ3n) is 3.49. The molecule has 8 heteroatoms. The molecule has 4 rings (SSSR count). The van der Waals surface area contributed by atoms with Crippen molar-refractivity contribution in [1.82, 2.24) is 24.6 Å². The normalized spacial score (nSPS) is 10.6. The SMILES string of the molecule is O=C(Nc1nnc2ccccn12)c1cccc(Nc2ncccn2)c1. The molecule has 0 spiro atoms. The van der Waals surface area contributed by atoms with Gasteiger partial charge in [-0.3, -0.25) is 14.5 Å². The van der Waals surface area contributed by atoms with E-state index in [1.54, 1.807) is 47.3 Å². The van der Waals surface area contributed by atoms with Gasteiger partial charge >= 0.3 is 0 Å². The molecule has 1 amide bonds. The highest BCUT2D eigenvalue weighted by atomic mass is 16.1. The van der Waals surface area contributed by atoms with Crippen LogP contribution in [0.2, 0.25) is 0 Å². The zero-order chi connectivity index (χ0) is 17.1. The highest BCUT2D eigenvalue weighted by molar-refractivity contribution is 6.04. The van der Waals surface area contributed by atoms with E-state index < -0.39 is 0 Å². The van der Waals surface area contributed by atoms with E-state index >= 15 is 0 Å². The average Bonchev–Trinajstić information content (AvgIpc) is 3.06. The molecule has 3 heterocycles. The number of fused-ring (bicyclic) bond motifs is 1. The molecule has 0 aliphatic rings. The van der Waals surface area contributed by atoms with E-state index in [1.807, 2.05) is 24.3 Å². The van der Waals surface area contributed by atoms with E-state index in [0.29, 0.717) is 28.8 Å². The smallest absolute Gasteiger partial charge is 0.258 e. The predicted octanol–water partition coefficient (Wildman–Crippen LogP) is 2.52. The minimum absolute atomic E-state index is 0.282. The molecule has 2 N–H and O–H groups in total. The fourth-order valence-corrected chi connectivity index (χ4v) is 2.33. The lowest BCUT2D eigenvalue weighted by molar-refractivity contribution is 0.102. The Balaban J connectivity index is 1.55.